The smallest absolute Gasteiger partial charge is 0.328 e. The van der Waals surface area contributed by atoms with Crippen molar-refractivity contribution in [1.82, 2.24) is 20.2 Å². The molecule has 0 radical (unpaired) electrons. The molecular formula is C29H36N4O5. The van der Waals surface area contributed by atoms with Crippen molar-refractivity contribution >= 4 is 35.4 Å². The van der Waals surface area contributed by atoms with E-state index >= 15 is 0 Å². The zero-order chi connectivity index (χ0) is 28.1. The topological polar surface area (TPSA) is 121 Å². The third-order valence-corrected chi connectivity index (χ3v) is 5.38. The Labute approximate surface area is 222 Å². The van der Waals surface area contributed by atoms with Gasteiger partial charge in [-0.25, -0.2) is 9.78 Å². The first-order valence-corrected chi connectivity index (χ1v) is 12.5. The van der Waals surface area contributed by atoms with Crippen LogP contribution in [0.5, 0.6) is 0 Å². The summed E-state index contributed by atoms with van der Waals surface area (Å²) in [4.78, 5) is 53.7. The Morgan fingerprint density at radius 3 is 2.58 bits per heavy atom. The van der Waals surface area contributed by atoms with E-state index < -0.39 is 12.0 Å². The Morgan fingerprint density at radius 2 is 1.92 bits per heavy atom. The van der Waals surface area contributed by atoms with Gasteiger partial charge in [-0.3, -0.25) is 14.4 Å². The molecule has 9 nitrogen and oxygen atoms in total. The molecule has 1 atom stereocenters. The maximum atomic E-state index is 12.1. The number of H-pyrrole nitrogens is 1. The molecule has 1 fully saturated rings. The SMILES string of the molecule is C=Cc1cccc(-c2nc3ccccc3[nH]c2=O)c1.CC(C)C.COC(=O)C1CCCN1C(=O)CNC=O. The van der Waals surface area contributed by atoms with Crippen molar-refractivity contribution in [2.24, 2.45) is 5.92 Å². The first-order chi connectivity index (χ1) is 18.2. The van der Waals surface area contributed by atoms with Gasteiger partial charge in [0.2, 0.25) is 12.3 Å². The fourth-order valence-electron chi connectivity index (χ4n) is 3.71. The van der Waals surface area contributed by atoms with Crippen LogP contribution in [0.25, 0.3) is 28.4 Å². The molecule has 3 aromatic rings. The quantitative estimate of drug-likeness (QED) is 0.377. The number of nitrogens with one attached hydrogen (secondary N) is 2. The minimum Gasteiger partial charge on any atom is -0.467 e. The molecule has 1 unspecified atom stereocenters. The monoisotopic (exact) mass is 520 g/mol. The second kappa shape index (κ2) is 15.1. The average molecular weight is 521 g/mol. The number of carbonyl (C=O) groups excluding carboxylic acids is 3. The number of likely N-dealkylation sites (tertiary alicyclic amines) is 1. The van der Waals surface area contributed by atoms with E-state index in [9.17, 15) is 19.2 Å². The lowest BCUT2D eigenvalue weighted by atomic mass is 10.1. The number of rotatable bonds is 6. The van der Waals surface area contributed by atoms with Gasteiger partial charge in [0.05, 0.1) is 24.7 Å². The van der Waals surface area contributed by atoms with Crippen LogP contribution in [-0.2, 0) is 19.1 Å². The number of aromatic nitrogens is 2. The number of fused-ring (bicyclic) bond motifs is 1. The van der Waals surface area contributed by atoms with Crippen molar-refractivity contribution < 1.29 is 19.1 Å². The summed E-state index contributed by atoms with van der Waals surface area (Å²) in [6, 6.07) is 14.6. The summed E-state index contributed by atoms with van der Waals surface area (Å²) in [5.41, 5.74) is 3.54. The van der Waals surface area contributed by atoms with Gasteiger partial charge in [0.25, 0.3) is 5.56 Å². The maximum Gasteiger partial charge on any atom is 0.328 e. The van der Waals surface area contributed by atoms with Crippen LogP contribution in [0.4, 0.5) is 0 Å². The summed E-state index contributed by atoms with van der Waals surface area (Å²) < 4.78 is 4.60. The Bertz CT molecular complexity index is 1300. The minimum absolute atomic E-state index is 0.0724. The van der Waals surface area contributed by atoms with Crippen LogP contribution in [0.3, 0.4) is 0 Å². The predicted octanol–water partition coefficient (Wildman–Crippen LogP) is 3.79. The molecule has 38 heavy (non-hydrogen) atoms. The third-order valence-electron chi connectivity index (χ3n) is 5.38. The number of aromatic amines is 1. The van der Waals surface area contributed by atoms with E-state index in [1.54, 1.807) is 6.08 Å². The van der Waals surface area contributed by atoms with Crippen molar-refractivity contribution in [2.45, 2.75) is 39.7 Å². The number of hydrogen-bond acceptors (Lipinski definition) is 6. The molecule has 9 heteroatoms. The molecule has 202 valence electrons. The number of amides is 2. The van der Waals surface area contributed by atoms with E-state index in [0.717, 1.165) is 34.5 Å². The molecule has 4 rings (SSSR count). The largest absolute Gasteiger partial charge is 0.467 e. The second-order valence-electron chi connectivity index (χ2n) is 9.26. The fourth-order valence-corrected chi connectivity index (χ4v) is 3.71. The van der Waals surface area contributed by atoms with Gasteiger partial charge in [-0.15, -0.1) is 0 Å². The maximum absolute atomic E-state index is 12.1. The van der Waals surface area contributed by atoms with E-state index in [1.807, 2.05) is 48.5 Å². The summed E-state index contributed by atoms with van der Waals surface area (Å²) in [6.45, 7) is 10.7. The van der Waals surface area contributed by atoms with E-state index in [4.69, 9.17) is 0 Å². The number of para-hydroxylation sites is 2. The first kappa shape index (κ1) is 30.0. The second-order valence-corrected chi connectivity index (χ2v) is 9.26. The standard InChI is InChI=1S/C16H12N2O.C9H14N2O4.C4H10/c1-2-11-6-5-7-12(10-11)15-16(19)18-14-9-4-3-8-13(14)17-15;1-15-9(14)7-3-2-4-11(7)8(13)5-10-6-12;1-4(2)3/h2-10H,1H2,(H,18,19);6-7H,2-5H2,1H3,(H,10,12);4H,1-3H3. The van der Waals surface area contributed by atoms with Gasteiger partial charge in [-0.2, -0.15) is 0 Å². The summed E-state index contributed by atoms with van der Waals surface area (Å²) in [7, 11) is 1.30. The van der Waals surface area contributed by atoms with Crippen LogP contribution in [0.15, 0.2) is 59.9 Å². The summed E-state index contributed by atoms with van der Waals surface area (Å²) in [6.07, 6.45) is 3.62. The zero-order valence-corrected chi connectivity index (χ0v) is 22.4. The summed E-state index contributed by atoms with van der Waals surface area (Å²) in [5.74, 6) is 0.182. The lowest BCUT2D eigenvalue weighted by Crippen LogP contribution is -2.44. The number of esters is 1. The van der Waals surface area contributed by atoms with E-state index in [2.05, 4.69) is 47.4 Å². The molecule has 1 saturated heterocycles. The number of nitrogens with zero attached hydrogens (tertiary/aromatic N) is 2. The van der Waals surface area contributed by atoms with E-state index in [0.29, 0.717) is 25.1 Å². The minimum atomic E-state index is -0.490. The molecule has 0 bridgehead atoms. The average Bonchev–Trinajstić information content (AvgIpc) is 3.41. The van der Waals surface area contributed by atoms with Gasteiger partial charge in [0.15, 0.2) is 0 Å². The van der Waals surface area contributed by atoms with Crippen LogP contribution < -0.4 is 10.9 Å². The normalized spacial score (nSPS) is 14.0. The summed E-state index contributed by atoms with van der Waals surface area (Å²) in [5, 5.41) is 2.28. The highest BCUT2D eigenvalue weighted by Gasteiger charge is 2.34. The molecule has 1 aliphatic heterocycles. The highest BCUT2D eigenvalue weighted by molar-refractivity contribution is 5.87. The van der Waals surface area contributed by atoms with Crippen molar-refractivity contribution in [3.63, 3.8) is 0 Å². The molecule has 0 saturated carbocycles. The number of ether oxygens (including phenoxy) is 1. The zero-order valence-electron chi connectivity index (χ0n) is 22.4. The summed E-state index contributed by atoms with van der Waals surface area (Å²) >= 11 is 0. The molecule has 1 aromatic heterocycles. The van der Waals surface area contributed by atoms with Gasteiger partial charge >= 0.3 is 5.97 Å². The molecule has 2 aromatic carbocycles. The molecule has 0 aliphatic carbocycles. The Hall–Kier alpha value is -4.27. The van der Waals surface area contributed by atoms with Crippen LogP contribution in [0.1, 0.15) is 39.2 Å². The van der Waals surface area contributed by atoms with Gasteiger partial charge in [-0.1, -0.05) is 63.8 Å². The van der Waals surface area contributed by atoms with Crippen molar-refractivity contribution in [3.05, 3.63) is 71.0 Å². The Morgan fingerprint density at radius 1 is 1.21 bits per heavy atom. The number of carbonyl (C=O) groups is 3. The molecule has 0 spiro atoms. The molecule has 2 amide bonds. The molecular weight excluding hydrogens is 484 g/mol. The number of hydrogen-bond donors (Lipinski definition) is 2. The lowest BCUT2D eigenvalue weighted by Gasteiger charge is -2.22. The van der Waals surface area contributed by atoms with E-state index in [-0.39, 0.29) is 18.0 Å². The van der Waals surface area contributed by atoms with Crippen LogP contribution in [-0.4, -0.2) is 59.4 Å². The highest BCUT2D eigenvalue weighted by Crippen LogP contribution is 2.19. The Kier molecular flexibility index (Phi) is 11.9. The van der Waals surface area contributed by atoms with Gasteiger partial charge in [0.1, 0.15) is 11.7 Å². The van der Waals surface area contributed by atoms with Crippen LogP contribution >= 0.6 is 0 Å². The number of methoxy groups -OCH3 is 1. The van der Waals surface area contributed by atoms with Gasteiger partial charge in [-0.05, 0) is 42.5 Å². The van der Waals surface area contributed by atoms with Gasteiger partial charge < -0.3 is 19.9 Å². The van der Waals surface area contributed by atoms with Crippen molar-refractivity contribution in [2.75, 3.05) is 20.2 Å². The first-order valence-electron chi connectivity index (χ1n) is 12.5. The van der Waals surface area contributed by atoms with E-state index in [1.165, 1.54) is 12.0 Å². The lowest BCUT2D eigenvalue weighted by molar-refractivity contribution is -0.150. The Balaban J connectivity index is 0.000000240. The predicted molar refractivity (Wildman–Crippen MR) is 149 cm³/mol. The molecule has 2 heterocycles. The van der Waals surface area contributed by atoms with Crippen molar-refractivity contribution in [3.8, 4) is 11.3 Å². The highest BCUT2D eigenvalue weighted by atomic mass is 16.5. The molecule has 2 N–H and O–H groups in total. The number of benzene rings is 2. The fraction of sp³-hybridized carbons (Fsp3) is 0.345. The van der Waals surface area contributed by atoms with Crippen LogP contribution in [0, 0.1) is 5.92 Å². The van der Waals surface area contributed by atoms with Crippen molar-refractivity contribution in [1.29, 1.82) is 0 Å². The van der Waals surface area contributed by atoms with Gasteiger partial charge in [0, 0.05) is 12.1 Å². The third kappa shape index (κ3) is 8.69. The van der Waals surface area contributed by atoms with Crippen LogP contribution in [0.2, 0.25) is 0 Å². The molecule has 1 aliphatic rings.